The minimum Gasteiger partial charge on any atom is -0.495 e. The Morgan fingerprint density at radius 3 is 2.67 bits per heavy atom. The molecule has 18 heavy (non-hydrogen) atoms. The van der Waals surface area contributed by atoms with E-state index in [1.54, 1.807) is 7.11 Å². The van der Waals surface area contributed by atoms with Gasteiger partial charge in [0.1, 0.15) is 5.75 Å². The van der Waals surface area contributed by atoms with Crippen molar-refractivity contribution in [2.75, 3.05) is 25.5 Å². The molecule has 0 atom stereocenters. The third-order valence-corrected chi connectivity index (χ3v) is 2.70. The molecule has 0 fully saturated rings. The first-order chi connectivity index (χ1) is 8.58. The number of nitrogens with one attached hydrogen (secondary N) is 2. The van der Waals surface area contributed by atoms with Gasteiger partial charge in [0.05, 0.1) is 19.3 Å². The quantitative estimate of drug-likeness (QED) is 0.815. The number of hydrogen-bond acceptors (Lipinski definition) is 3. The minimum absolute atomic E-state index is 0.0625. The van der Waals surface area contributed by atoms with Gasteiger partial charge in [0.25, 0.3) is 0 Å². The Kier molecular flexibility index (Phi) is 5.65. The van der Waals surface area contributed by atoms with Crippen LogP contribution < -0.4 is 15.4 Å². The van der Waals surface area contributed by atoms with E-state index in [1.807, 2.05) is 25.1 Å². The predicted molar refractivity (Wildman–Crippen MR) is 74.3 cm³/mol. The van der Waals surface area contributed by atoms with Gasteiger partial charge < -0.3 is 15.4 Å². The SMILES string of the molecule is CCNCC(=O)Nc1ccc(C(C)C)cc1OC. The van der Waals surface area contributed by atoms with Crippen LogP contribution in [0.2, 0.25) is 0 Å². The number of ether oxygens (including phenoxy) is 1. The zero-order valence-corrected chi connectivity index (χ0v) is 11.5. The second-order valence-corrected chi connectivity index (χ2v) is 4.44. The van der Waals surface area contributed by atoms with Crippen molar-refractivity contribution in [1.29, 1.82) is 0 Å². The third-order valence-electron chi connectivity index (χ3n) is 2.70. The first kappa shape index (κ1) is 14.5. The van der Waals surface area contributed by atoms with E-state index in [9.17, 15) is 4.79 Å². The van der Waals surface area contributed by atoms with Gasteiger partial charge in [-0.05, 0) is 30.2 Å². The Bertz CT molecular complexity index is 403. The maximum Gasteiger partial charge on any atom is 0.238 e. The Labute approximate surface area is 109 Å². The number of anilines is 1. The molecular weight excluding hydrogens is 228 g/mol. The van der Waals surface area contributed by atoms with Crippen molar-refractivity contribution >= 4 is 11.6 Å². The molecule has 0 radical (unpaired) electrons. The topological polar surface area (TPSA) is 50.4 Å². The van der Waals surface area contributed by atoms with Crippen molar-refractivity contribution in [3.8, 4) is 5.75 Å². The van der Waals surface area contributed by atoms with Crippen LogP contribution in [0.3, 0.4) is 0 Å². The van der Waals surface area contributed by atoms with Gasteiger partial charge in [-0.25, -0.2) is 0 Å². The van der Waals surface area contributed by atoms with Crippen LogP contribution in [0.4, 0.5) is 5.69 Å². The van der Waals surface area contributed by atoms with Gasteiger partial charge >= 0.3 is 0 Å². The average molecular weight is 250 g/mol. The lowest BCUT2D eigenvalue weighted by Gasteiger charge is -2.13. The van der Waals surface area contributed by atoms with Crippen molar-refractivity contribution < 1.29 is 9.53 Å². The highest BCUT2D eigenvalue weighted by Gasteiger charge is 2.09. The van der Waals surface area contributed by atoms with Gasteiger partial charge in [0.2, 0.25) is 5.91 Å². The fourth-order valence-corrected chi connectivity index (χ4v) is 1.60. The van der Waals surface area contributed by atoms with Crippen molar-refractivity contribution in [3.63, 3.8) is 0 Å². The molecule has 0 saturated heterocycles. The standard InChI is InChI=1S/C14H22N2O2/c1-5-15-9-14(17)16-12-7-6-11(10(2)3)8-13(12)18-4/h6-8,10,15H,5,9H2,1-4H3,(H,16,17). The molecule has 0 heterocycles. The fourth-order valence-electron chi connectivity index (χ4n) is 1.60. The number of hydrogen-bond donors (Lipinski definition) is 2. The van der Waals surface area contributed by atoms with Gasteiger partial charge in [-0.1, -0.05) is 26.8 Å². The summed E-state index contributed by atoms with van der Waals surface area (Å²) in [6, 6.07) is 5.86. The molecule has 1 aromatic carbocycles. The molecule has 0 saturated carbocycles. The molecule has 0 spiro atoms. The maximum atomic E-state index is 11.6. The van der Waals surface area contributed by atoms with E-state index in [-0.39, 0.29) is 5.91 Å². The Balaban J connectivity index is 2.79. The number of likely N-dealkylation sites (N-methyl/N-ethyl adjacent to an activating group) is 1. The van der Waals surface area contributed by atoms with E-state index >= 15 is 0 Å². The third kappa shape index (κ3) is 4.04. The van der Waals surface area contributed by atoms with E-state index in [4.69, 9.17) is 4.74 Å². The number of rotatable bonds is 6. The summed E-state index contributed by atoms with van der Waals surface area (Å²) in [5.41, 5.74) is 1.90. The Morgan fingerprint density at radius 2 is 2.11 bits per heavy atom. The minimum atomic E-state index is -0.0625. The molecule has 4 heteroatoms. The van der Waals surface area contributed by atoms with E-state index in [2.05, 4.69) is 24.5 Å². The highest BCUT2D eigenvalue weighted by molar-refractivity contribution is 5.93. The molecule has 0 aliphatic heterocycles. The van der Waals surface area contributed by atoms with Crippen LogP contribution in [0.15, 0.2) is 18.2 Å². The van der Waals surface area contributed by atoms with E-state index in [1.165, 1.54) is 5.56 Å². The van der Waals surface area contributed by atoms with Gasteiger partial charge in [-0.15, -0.1) is 0 Å². The highest BCUT2D eigenvalue weighted by atomic mass is 16.5. The van der Waals surface area contributed by atoms with Crippen LogP contribution in [0.5, 0.6) is 5.75 Å². The average Bonchev–Trinajstić information content (AvgIpc) is 2.36. The zero-order valence-electron chi connectivity index (χ0n) is 11.5. The second-order valence-electron chi connectivity index (χ2n) is 4.44. The number of benzene rings is 1. The van der Waals surface area contributed by atoms with E-state index < -0.39 is 0 Å². The molecule has 4 nitrogen and oxygen atoms in total. The monoisotopic (exact) mass is 250 g/mol. The molecule has 1 amide bonds. The number of methoxy groups -OCH3 is 1. The van der Waals surface area contributed by atoms with Crippen LogP contribution in [0.25, 0.3) is 0 Å². The zero-order chi connectivity index (χ0) is 13.5. The van der Waals surface area contributed by atoms with Gasteiger partial charge in [-0.3, -0.25) is 4.79 Å². The number of carbonyl (C=O) groups is 1. The van der Waals surface area contributed by atoms with Crippen molar-refractivity contribution in [3.05, 3.63) is 23.8 Å². The van der Waals surface area contributed by atoms with Crippen LogP contribution >= 0.6 is 0 Å². The van der Waals surface area contributed by atoms with Crippen molar-refractivity contribution in [2.24, 2.45) is 0 Å². The van der Waals surface area contributed by atoms with Crippen molar-refractivity contribution in [1.82, 2.24) is 5.32 Å². The Morgan fingerprint density at radius 1 is 1.39 bits per heavy atom. The fraction of sp³-hybridized carbons (Fsp3) is 0.500. The first-order valence-corrected chi connectivity index (χ1v) is 6.27. The molecule has 2 N–H and O–H groups in total. The summed E-state index contributed by atoms with van der Waals surface area (Å²) >= 11 is 0. The summed E-state index contributed by atoms with van der Waals surface area (Å²) in [7, 11) is 1.61. The van der Waals surface area contributed by atoms with Crippen LogP contribution in [-0.2, 0) is 4.79 Å². The summed E-state index contributed by atoms with van der Waals surface area (Å²) in [5, 5.41) is 5.82. The lowest BCUT2D eigenvalue weighted by molar-refractivity contribution is -0.115. The first-order valence-electron chi connectivity index (χ1n) is 6.27. The molecule has 0 aromatic heterocycles. The Hall–Kier alpha value is -1.55. The van der Waals surface area contributed by atoms with Crippen LogP contribution in [-0.4, -0.2) is 26.1 Å². The highest BCUT2D eigenvalue weighted by Crippen LogP contribution is 2.28. The van der Waals surface area contributed by atoms with Crippen molar-refractivity contribution in [2.45, 2.75) is 26.7 Å². The molecule has 1 aromatic rings. The molecule has 0 aliphatic rings. The summed E-state index contributed by atoms with van der Waals surface area (Å²) in [6.45, 7) is 7.30. The van der Waals surface area contributed by atoms with Gasteiger partial charge in [-0.2, -0.15) is 0 Å². The second kappa shape index (κ2) is 7.01. The van der Waals surface area contributed by atoms with E-state index in [0.717, 1.165) is 6.54 Å². The lowest BCUT2D eigenvalue weighted by atomic mass is 10.0. The molecule has 1 rings (SSSR count). The molecular formula is C14H22N2O2. The smallest absolute Gasteiger partial charge is 0.238 e. The summed E-state index contributed by atoms with van der Waals surface area (Å²) in [6.07, 6.45) is 0. The molecule has 100 valence electrons. The summed E-state index contributed by atoms with van der Waals surface area (Å²) in [4.78, 5) is 11.6. The number of amides is 1. The van der Waals surface area contributed by atoms with Crippen LogP contribution in [0, 0.1) is 0 Å². The normalized spacial score (nSPS) is 10.5. The van der Waals surface area contributed by atoms with E-state index in [0.29, 0.717) is 23.9 Å². The summed E-state index contributed by atoms with van der Waals surface area (Å²) in [5.74, 6) is 1.07. The molecule has 0 unspecified atom stereocenters. The van der Waals surface area contributed by atoms with Gasteiger partial charge in [0.15, 0.2) is 0 Å². The van der Waals surface area contributed by atoms with Crippen LogP contribution in [0.1, 0.15) is 32.3 Å². The largest absolute Gasteiger partial charge is 0.495 e. The number of carbonyl (C=O) groups excluding carboxylic acids is 1. The predicted octanol–water partition coefficient (Wildman–Crippen LogP) is 2.37. The maximum absolute atomic E-state index is 11.6. The van der Waals surface area contributed by atoms with Gasteiger partial charge in [0, 0.05) is 0 Å². The molecule has 0 bridgehead atoms. The lowest BCUT2D eigenvalue weighted by Crippen LogP contribution is -2.27. The molecule has 0 aliphatic carbocycles. The summed E-state index contributed by atoms with van der Waals surface area (Å²) < 4.78 is 5.31.